The summed E-state index contributed by atoms with van der Waals surface area (Å²) >= 11 is 0. The molecule has 0 saturated heterocycles. The molecule has 2 aromatic rings. The van der Waals surface area contributed by atoms with Crippen molar-refractivity contribution in [2.45, 2.75) is 71.5 Å². The van der Waals surface area contributed by atoms with Crippen LogP contribution in [0.15, 0.2) is 48.5 Å². The van der Waals surface area contributed by atoms with Crippen molar-refractivity contribution < 1.29 is 18.0 Å². The van der Waals surface area contributed by atoms with Gasteiger partial charge in [-0.2, -0.15) is 0 Å². The molecule has 1 fully saturated rings. The van der Waals surface area contributed by atoms with Crippen LogP contribution in [-0.4, -0.2) is 50.0 Å². The number of hydrogen-bond donors (Lipinski definition) is 1. The van der Waals surface area contributed by atoms with Crippen molar-refractivity contribution in [1.82, 2.24) is 10.2 Å². The van der Waals surface area contributed by atoms with E-state index in [1.807, 2.05) is 50.2 Å². The quantitative estimate of drug-likeness (QED) is 0.566. The minimum absolute atomic E-state index is 0.120. The second-order valence-corrected chi connectivity index (χ2v) is 11.5. The van der Waals surface area contributed by atoms with Crippen LogP contribution in [0, 0.1) is 13.8 Å². The lowest BCUT2D eigenvalue weighted by Crippen LogP contribution is -2.53. The van der Waals surface area contributed by atoms with Crippen LogP contribution in [0.2, 0.25) is 0 Å². The fourth-order valence-electron chi connectivity index (χ4n) is 4.45. The number of rotatable bonds is 9. The van der Waals surface area contributed by atoms with Gasteiger partial charge < -0.3 is 10.2 Å². The van der Waals surface area contributed by atoms with E-state index in [2.05, 4.69) is 5.32 Å². The van der Waals surface area contributed by atoms with Gasteiger partial charge in [-0.15, -0.1) is 0 Å². The van der Waals surface area contributed by atoms with E-state index in [1.165, 1.54) is 11.3 Å². The Balaban J connectivity index is 1.87. The molecule has 7 nitrogen and oxygen atoms in total. The molecule has 35 heavy (non-hydrogen) atoms. The minimum atomic E-state index is -3.72. The Morgan fingerprint density at radius 2 is 1.63 bits per heavy atom. The van der Waals surface area contributed by atoms with Gasteiger partial charge in [0.1, 0.15) is 12.6 Å². The first-order chi connectivity index (χ1) is 16.6. The number of carbonyl (C=O) groups excluding carboxylic acids is 2. The Morgan fingerprint density at radius 1 is 1.00 bits per heavy atom. The zero-order chi connectivity index (χ0) is 25.6. The van der Waals surface area contributed by atoms with Crippen molar-refractivity contribution in [1.29, 1.82) is 0 Å². The van der Waals surface area contributed by atoms with Crippen molar-refractivity contribution in [3.63, 3.8) is 0 Å². The van der Waals surface area contributed by atoms with Gasteiger partial charge in [0.2, 0.25) is 21.8 Å². The van der Waals surface area contributed by atoms with E-state index in [9.17, 15) is 18.0 Å². The van der Waals surface area contributed by atoms with Gasteiger partial charge in [0, 0.05) is 12.6 Å². The zero-order valence-corrected chi connectivity index (χ0v) is 22.0. The molecule has 1 aliphatic rings. The third-order valence-corrected chi connectivity index (χ3v) is 7.86. The summed E-state index contributed by atoms with van der Waals surface area (Å²) in [5, 5.41) is 3.11. The maximum Gasteiger partial charge on any atom is 0.244 e. The van der Waals surface area contributed by atoms with Crippen LogP contribution in [-0.2, 0) is 26.2 Å². The normalized spacial score (nSPS) is 15.3. The van der Waals surface area contributed by atoms with Crippen LogP contribution in [0.3, 0.4) is 0 Å². The Kier molecular flexibility index (Phi) is 8.94. The summed E-state index contributed by atoms with van der Waals surface area (Å²) in [6.07, 6.45) is 6.33. The highest BCUT2D eigenvalue weighted by molar-refractivity contribution is 7.92. The van der Waals surface area contributed by atoms with E-state index in [1.54, 1.807) is 19.1 Å². The molecule has 1 N–H and O–H groups in total. The predicted octanol–water partition coefficient (Wildman–Crippen LogP) is 3.94. The average molecular weight is 500 g/mol. The fourth-order valence-corrected chi connectivity index (χ4v) is 5.30. The molecule has 2 aromatic carbocycles. The second kappa shape index (κ2) is 11.7. The Hall–Kier alpha value is -2.87. The third kappa shape index (κ3) is 7.31. The lowest BCUT2D eigenvalue weighted by Gasteiger charge is -2.33. The number of aryl methyl sites for hydroxylation is 2. The largest absolute Gasteiger partial charge is 0.352 e. The average Bonchev–Trinajstić information content (AvgIpc) is 2.82. The first kappa shape index (κ1) is 26.7. The first-order valence-corrected chi connectivity index (χ1v) is 14.1. The van der Waals surface area contributed by atoms with E-state index >= 15 is 0 Å². The Morgan fingerprint density at radius 3 is 2.23 bits per heavy atom. The van der Waals surface area contributed by atoms with Crippen molar-refractivity contribution in [3.8, 4) is 0 Å². The molecule has 190 valence electrons. The van der Waals surface area contributed by atoms with Crippen molar-refractivity contribution in [3.05, 3.63) is 65.2 Å². The number of sulfonamides is 1. The standard InChI is InChI=1S/C27H37N3O4S/c1-20-14-16-25(17-15-20)30(35(4,33)34)19-26(31)29(18-23-11-9-8-10-21(23)2)22(3)27(32)28-24-12-6-5-7-13-24/h8-11,14-17,22,24H,5-7,12-13,18-19H2,1-4H3,(H,28,32)/t22-/m1/s1. The molecule has 0 heterocycles. The molecule has 1 aliphatic carbocycles. The Bertz CT molecular complexity index is 1130. The maximum absolute atomic E-state index is 13.6. The number of hydrogen-bond acceptors (Lipinski definition) is 4. The minimum Gasteiger partial charge on any atom is -0.352 e. The second-order valence-electron chi connectivity index (χ2n) is 9.57. The topological polar surface area (TPSA) is 86.8 Å². The van der Waals surface area contributed by atoms with Crippen LogP contribution in [0.5, 0.6) is 0 Å². The molecule has 0 unspecified atom stereocenters. The molecule has 0 radical (unpaired) electrons. The number of nitrogens with zero attached hydrogens (tertiary/aromatic N) is 2. The number of amides is 2. The molecule has 8 heteroatoms. The van der Waals surface area contributed by atoms with Gasteiger partial charge in [0.05, 0.1) is 11.9 Å². The molecule has 0 aliphatic heterocycles. The third-order valence-electron chi connectivity index (χ3n) is 6.72. The molecule has 1 saturated carbocycles. The summed E-state index contributed by atoms with van der Waals surface area (Å²) in [5.74, 6) is -0.634. The predicted molar refractivity (Wildman–Crippen MR) is 140 cm³/mol. The molecule has 0 aromatic heterocycles. The summed E-state index contributed by atoms with van der Waals surface area (Å²) in [4.78, 5) is 28.3. The maximum atomic E-state index is 13.6. The highest BCUT2D eigenvalue weighted by atomic mass is 32.2. The number of anilines is 1. The van der Waals surface area contributed by atoms with Crippen LogP contribution >= 0.6 is 0 Å². The molecule has 3 rings (SSSR count). The van der Waals surface area contributed by atoms with E-state index in [0.29, 0.717) is 5.69 Å². The van der Waals surface area contributed by atoms with Crippen LogP contribution in [0.1, 0.15) is 55.7 Å². The van der Waals surface area contributed by atoms with Gasteiger partial charge in [-0.3, -0.25) is 13.9 Å². The van der Waals surface area contributed by atoms with E-state index in [0.717, 1.165) is 52.9 Å². The van der Waals surface area contributed by atoms with E-state index in [4.69, 9.17) is 0 Å². The summed E-state index contributed by atoms with van der Waals surface area (Å²) in [6.45, 7) is 5.42. The van der Waals surface area contributed by atoms with Crippen molar-refractivity contribution in [2.75, 3.05) is 17.1 Å². The van der Waals surface area contributed by atoms with Gasteiger partial charge in [-0.25, -0.2) is 8.42 Å². The molecular weight excluding hydrogens is 462 g/mol. The SMILES string of the molecule is Cc1ccc(N(CC(=O)N(Cc2ccccc2C)[C@H](C)C(=O)NC2CCCCC2)S(C)(=O)=O)cc1. The van der Waals surface area contributed by atoms with Crippen LogP contribution < -0.4 is 9.62 Å². The van der Waals surface area contributed by atoms with Gasteiger partial charge >= 0.3 is 0 Å². The molecular formula is C27H37N3O4S. The van der Waals surface area contributed by atoms with Crippen LogP contribution in [0.25, 0.3) is 0 Å². The Labute approximate surface area is 209 Å². The van der Waals surface area contributed by atoms with Crippen molar-refractivity contribution in [2.24, 2.45) is 0 Å². The fraction of sp³-hybridized carbons (Fsp3) is 0.481. The molecule has 2 amide bonds. The van der Waals surface area contributed by atoms with Gasteiger partial charge in [0.25, 0.3) is 0 Å². The van der Waals surface area contributed by atoms with Gasteiger partial charge in [-0.1, -0.05) is 61.2 Å². The highest BCUT2D eigenvalue weighted by Crippen LogP contribution is 2.21. The van der Waals surface area contributed by atoms with Crippen molar-refractivity contribution >= 4 is 27.5 Å². The lowest BCUT2D eigenvalue weighted by atomic mass is 9.95. The number of benzene rings is 2. The smallest absolute Gasteiger partial charge is 0.244 e. The van der Waals surface area contributed by atoms with E-state index < -0.39 is 22.0 Å². The van der Waals surface area contributed by atoms with E-state index in [-0.39, 0.29) is 25.0 Å². The lowest BCUT2D eigenvalue weighted by molar-refractivity contribution is -0.139. The molecule has 1 atom stereocenters. The summed E-state index contributed by atoms with van der Waals surface area (Å²) in [5.41, 5.74) is 3.33. The highest BCUT2D eigenvalue weighted by Gasteiger charge is 2.31. The monoisotopic (exact) mass is 499 g/mol. The number of nitrogens with one attached hydrogen (secondary N) is 1. The van der Waals surface area contributed by atoms with Gasteiger partial charge in [-0.05, 0) is 56.9 Å². The van der Waals surface area contributed by atoms with Crippen LogP contribution in [0.4, 0.5) is 5.69 Å². The molecule has 0 bridgehead atoms. The zero-order valence-electron chi connectivity index (χ0n) is 21.2. The first-order valence-electron chi connectivity index (χ1n) is 12.2. The molecule has 0 spiro atoms. The summed E-state index contributed by atoms with van der Waals surface area (Å²) in [6, 6.07) is 14.1. The summed E-state index contributed by atoms with van der Waals surface area (Å²) < 4.78 is 26.4. The summed E-state index contributed by atoms with van der Waals surface area (Å²) in [7, 11) is -3.72. The van der Waals surface area contributed by atoms with Gasteiger partial charge in [0.15, 0.2) is 0 Å². The number of carbonyl (C=O) groups is 2.